The molecule has 0 amide bonds. The van der Waals surface area contributed by atoms with Crippen molar-refractivity contribution < 1.29 is 9.90 Å². The zero-order chi connectivity index (χ0) is 14.6. The zero-order valence-corrected chi connectivity index (χ0v) is 12.7. The second-order valence-corrected chi connectivity index (χ2v) is 5.54. The summed E-state index contributed by atoms with van der Waals surface area (Å²) in [6, 6.07) is 1.67. The molecule has 1 unspecified atom stereocenters. The molecular weight excluding hydrogens is 240 g/mol. The molecular formula is C15H26N2O2. The summed E-state index contributed by atoms with van der Waals surface area (Å²) < 4.78 is 2.25. The van der Waals surface area contributed by atoms with Gasteiger partial charge in [0.25, 0.3) is 0 Å². The molecule has 1 aromatic heterocycles. The third-order valence-electron chi connectivity index (χ3n) is 3.54. The fourth-order valence-electron chi connectivity index (χ4n) is 2.51. The molecule has 1 atom stereocenters. The van der Waals surface area contributed by atoms with Crippen molar-refractivity contribution in [1.82, 2.24) is 9.88 Å². The van der Waals surface area contributed by atoms with Crippen LogP contribution in [0.5, 0.6) is 0 Å². The zero-order valence-electron chi connectivity index (χ0n) is 12.7. The van der Waals surface area contributed by atoms with Gasteiger partial charge in [0.1, 0.15) is 6.04 Å². The van der Waals surface area contributed by atoms with Gasteiger partial charge in [-0.15, -0.1) is 0 Å². The lowest BCUT2D eigenvalue weighted by Crippen LogP contribution is -2.37. The summed E-state index contributed by atoms with van der Waals surface area (Å²) in [5, 5.41) is 12.4. The van der Waals surface area contributed by atoms with E-state index in [1.807, 2.05) is 13.8 Å². The Labute approximate surface area is 115 Å². The minimum atomic E-state index is -0.766. The van der Waals surface area contributed by atoms with Gasteiger partial charge in [-0.1, -0.05) is 13.8 Å². The Balaban J connectivity index is 2.72. The van der Waals surface area contributed by atoms with Crippen LogP contribution in [0.2, 0.25) is 0 Å². The molecule has 1 rings (SSSR count). The Morgan fingerprint density at radius 1 is 1.42 bits per heavy atom. The quantitative estimate of drug-likeness (QED) is 0.798. The number of nitrogens with zero attached hydrogens (tertiary/aromatic N) is 1. The molecule has 19 heavy (non-hydrogen) atoms. The van der Waals surface area contributed by atoms with Crippen LogP contribution in [0.1, 0.15) is 44.1 Å². The van der Waals surface area contributed by atoms with Crippen molar-refractivity contribution in [2.45, 2.75) is 60.2 Å². The number of aliphatic carboxylic acids is 1. The summed E-state index contributed by atoms with van der Waals surface area (Å²) in [5.41, 5.74) is 3.64. The number of aryl methyl sites for hydroxylation is 1. The molecule has 0 radical (unpaired) electrons. The normalized spacial score (nSPS) is 12.9. The lowest BCUT2D eigenvalue weighted by Gasteiger charge is -2.16. The predicted molar refractivity (Wildman–Crippen MR) is 77.3 cm³/mol. The lowest BCUT2D eigenvalue weighted by atomic mass is 10.0. The first-order valence-corrected chi connectivity index (χ1v) is 6.98. The van der Waals surface area contributed by atoms with E-state index in [9.17, 15) is 9.90 Å². The molecule has 4 heteroatoms. The van der Waals surface area contributed by atoms with Crippen molar-refractivity contribution >= 4 is 5.97 Å². The average Bonchev–Trinajstić information content (AvgIpc) is 2.58. The molecule has 1 aromatic rings. The van der Waals surface area contributed by atoms with Gasteiger partial charge < -0.3 is 15.0 Å². The highest BCUT2D eigenvalue weighted by Gasteiger charge is 2.19. The van der Waals surface area contributed by atoms with Gasteiger partial charge in [-0.3, -0.25) is 4.79 Å². The summed E-state index contributed by atoms with van der Waals surface area (Å²) >= 11 is 0. The molecule has 0 spiro atoms. The van der Waals surface area contributed by atoms with Crippen molar-refractivity contribution in [3.8, 4) is 0 Å². The minimum Gasteiger partial charge on any atom is -0.480 e. The van der Waals surface area contributed by atoms with E-state index in [0.717, 1.165) is 6.54 Å². The van der Waals surface area contributed by atoms with E-state index >= 15 is 0 Å². The maximum atomic E-state index is 11.2. The Bertz CT molecular complexity index is 436. The number of rotatable bonds is 7. The highest BCUT2D eigenvalue weighted by molar-refractivity contribution is 5.73. The third-order valence-corrected chi connectivity index (χ3v) is 3.54. The van der Waals surface area contributed by atoms with Crippen LogP contribution in [0.3, 0.4) is 0 Å². The van der Waals surface area contributed by atoms with Gasteiger partial charge in [-0.25, -0.2) is 0 Å². The monoisotopic (exact) mass is 266 g/mol. The van der Waals surface area contributed by atoms with Gasteiger partial charge >= 0.3 is 5.97 Å². The molecule has 2 N–H and O–H groups in total. The summed E-state index contributed by atoms with van der Waals surface area (Å²) in [6.45, 7) is 11.9. The minimum absolute atomic E-state index is 0.372. The van der Waals surface area contributed by atoms with E-state index in [1.54, 1.807) is 0 Å². The fraction of sp³-hybridized carbons (Fsp3) is 0.667. The summed E-state index contributed by atoms with van der Waals surface area (Å²) in [7, 11) is 0. The molecule has 0 saturated heterocycles. The van der Waals surface area contributed by atoms with Crippen molar-refractivity contribution in [2.24, 2.45) is 5.92 Å². The first-order chi connectivity index (χ1) is 8.86. The second kappa shape index (κ2) is 6.75. The fourth-order valence-corrected chi connectivity index (χ4v) is 2.51. The first-order valence-electron chi connectivity index (χ1n) is 6.98. The smallest absolute Gasteiger partial charge is 0.320 e. The number of aromatic nitrogens is 1. The summed E-state index contributed by atoms with van der Waals surface area (Å²) in [4.78, 5) is 11.2. The van der Waals surface area contributed by atoms with E-state index in [-0.39, 0.29) is 0 Å². The Hall–Kier alpha value is -1.29. The first kappa shape index (κ1) is 15.8. The van der Waals surface area contributed by atoms with Gasteiger partial charge in [0.15, 0.2) is 0 Å². The molecule has 1 heterocycles. The van der Waals surface area contributed by atoms with Gasteiger partial charge in [0.05, 0.1) is 0 Å². The molecule has 0 bridgehead atoms. The summed E-state index contributed by atoms with van der Waals surface area (Å²) in [6.07, 6.45) is 0.655. The van der Waals surface area contributed by atoms with Crippen LogP contribution >= 0.6 is 0 Å². The van der Waals surface area contributed by atoms with Crippen molar-refractivity contribution in [1.29, 1.82) is 0 Å². The number of hydrogen-bond acceptors (Lipinski definition) is 2. The van der Waals surface area contributed by atoms with Crippen LogP contribution in [0.15, 0.2) is 6.07 Å². The van der Waals surface area contributed by atoms with Gasteiger partial charge in [-0.05, 0) is 44.7 Å². The largest absolute Gasteiger partial charge is 0.480 e. The standard InChI is InChI=1S/C15H26N2O2/c1-6-17-11(4)8-13(12(17)5)9-16-14(15(18)19)7-10(2)3/h8,10,14,16H,6-7,9H2,1-5H3,(H,18,19). The van der Waals surface area contributed by atoms with E-state index in [0.29, 0.717) is 18.9 Å². The molecule has 0 aliphatic rings. The van der Waals surface area contributed by atoms with Crippen LogP contribution in [0.4, 0.5) is 0 Å². The Morgan fingerprint density at radius 3 is 2.47 bits per heavy atom. The highest BCUT2D eigenvalue weighted by atomic mass is 16.4. The van der Waals surface area contributed by atoms with Gasteiger partial charge in [0, 0.05) is 24.5 Å². The maximum absolute atomic E-state index is 11.2. The average molecular weight is 266 g/mol. The molecule has 0 fully saturated rings. The third kappa shape index (κ3) is 4.10. The highest BCUT2D eigenvalue weighted by Crippen LogP contribution is 2.15. The Morgan fingerprint density at radius 2 is 2.05 bits per heavy atom. The molecule has 0 saturated carbocycles. The maximum Gasteiger partial charge on any atom is 0.320 e. The SMILES string of the molecule is CCn1c(C)cc(CNC(CC(C)C)C(=O)O)c1C. The number of hydrogen-bond donors (Lipinski definition) is 2. The molecule has 4 nitrogen and oxygen atoms in total. The van der Waals surface area contributed by atoms with Crippen LogP contribution in [0.25, 0.3) is 0 Å². The van der Waals surface area contributed by atoms with Crippen LogP contribution in [-0.4, -0.2) is 21.7 Å². The molecule has 108 valence electrons. The van der Waals surface area contributed by atoms with Crippen molar-refractivity contribution in [3.63, 3.8) is 0 Å². The second-order valence-electron chi connectivity index (χ2n) is 5.54. The van der Waals surface area contributed by atoms with Crippen molar-refractivity contribution in [3.05, 3.63) is 23.0 Å². The van der Waals surface area contributed by atoms with Gasteiger partial charge in [-0.2, -0.15) is 0 Å². The Kier molecular flexibility index (Phi) is 5.60. The van der Waals surface area contributed by atoms with E-state index in [1.165, 1.54) is 17.0 Å². The van der Waals surface area contributed by atoms with E-state index < -0.39 is 12.0 Å². The molecule has 0 aliphatic carbocycles. The van der Waals surface area contributed by atoms with Crippen LogP contribution in [-0.2, 0) is 17.9 Å². The number of carbonyl (C=O) groups is 1. The number of carboxylic acid groups (broad SMARTS) is 1. The van der Waals surface area contributed by atoms with Crippen LogP contribution < -0.4 is 5.32 Å². The molecule has 0 aromatic carbocycles. The van der Waals surface area contributed by atoms with Crippen molar-refractivity contribution in [2.75, 3.05) is 0 Å². The molecule has 0 aliphatic heterocycles. The number of carboxylic acids is 1. The lowest BCUT2D eigenvalue weighted by molar-refractivity contribution is -0.140. The topological polar surface area (TPSA) is 54.3 Å². The summed E-state index contributed by atoms with van der Waals surface area (Å²) in [5.74, 6) is -0.394. The van der Waals surface area contributed by atoms with Crippen LogP contribution in [0, 0.1) is 19.8 Å². The predicted octanol–water partition coefficient (Wildman–Crippen LogP) is 2.71. The number of nitrogens with one attached hydrogen (secondary N) is 1. The van der Waals surface area contributed by atoms with E-state index in [2.05, 4.69) is 36.7 Å². The van der Waals surface area contributed by atoms with E-state index in [4.69, 9.17) is 0 Å². The van der Waals surface area contributed by atoms with Gasteiger partial charge in [0.2, 0.25) is 0 Å².